The number of ether oxygens (including phenoxy) is 1. The molecule has 2 fully saturated rings. The molecule has 7 heteroatoms. The standard InChI is InChI=1S/C28H35ClO6/c1-18(27-26(33)25(32)24(31)23(17-30)35-27)6-11-22(29)19(2)16-21-9-7-20(8-10-21)12-15-28(34)13-4-3-5-14-28/h6-11,23-27,30-34H,1,3-5,13-14,16-17H2,2H3/b11-6-,22-19-/t23-,24-,25+,26-,27+/m1/s1. The summed E-state index contributed by atoms with van der Waals surface area (Å²) in [5.74, 6) is 6.15. The molecule has 2 aliphatic rings. The van der Waals surface area contributed by atoms with Crippen LogP contribution in [0.15, 0.2) is 59.2 Å². The van der Waals surface area contributed by atoms with E-state index in [-0.39, 0.29) is 0 Å². The highest BCUT2D eigenvalue weighted by Gasteiger charge is 2.43. The predicted octanol–water partition coefficient (Wildman–Crippen LogP) is 2.74. The van der Waals surface area contributed by atoms with Gasteiger partial charge in [0.2, 0.25) is 0 Å². The average molecular weight is 503 g/mol. The van der Waals surface area contributed by atoms with E-state index in [2.05, 4.69) is 18.4 Å². The summed E-state index contributed by atoms with van der Waals surface area (Å²) in [6, 6.07) is 7.84. The Labute approximate surface area is 212 Å². The van der Waals surface area contributed by atoms with Crippen molar-refractivity contribution in [2.75, 3.05) is 6.61 Å². The van der Waals surface area contributed by atoms with Crippen LogP contribution in [0, 0.1) is 11.8 Å². The first-order valence-electron chi connectivity index (χ1n) is 12.0. The lowest BCUT2D eigenvalue weighted by Crippen LogP contribution is -2.58. The lowest BCUT2D eigenvalue weighted by molar-refractivity contribution is -0.218. The summed E-state index contributed by atoms with van der Waals surface area (Å²) >= 11 is 6.46. The second-order valence-electron chi connectivity index (χ2n) is 9.50. The molecule has 190 valence electrons. The smallest absolute Gasteiger partial charge is 0.125 e. The number of hydrogen-bond acceptors (Lipinski definition) is 6. The normalized spacial score (nSPS) is 29.3. The third kappa shape index (κ3) is 7.28. The van der Waals surface area contributed by atoms with E-state index in [1.165, 1.54) is 0 Å². The highest BCUT2D eigenvalue weighted by molar-refractivity contribution is 6.31. The van der Waals surface area contributed by atoms with E-state index in [0.717, 1.165) is 48.8 Å². The van der Waals surface area contributed by atoms with E-state index >= 15 is 0 Å². The van der Waals surface area contributed by atoms with Gasteiger partial charge in [-0.2, -0.15) is 0 Å². The van der Waals surface area contributed by atoms with Gasteiger partial charge in [-0.15, -0.1) is 0 Å². The summed E-state index contributed by atoms with van der Waals surface area (Å²) in [6.07, 6.45) is 2.29. The topological polar surface area (TPSA) is 110 Å². The maximum atomic E-state index is 10.5. The Morgan fingerprint density at radius 2 is 1.74 bits per heavy atom. The van der Waals surface area contributed by atoms with Gasteiger partial charge in [0.25, 0.3) is 0 Å². The van der Waals surface area contributed by atoms with E-state index < -0.39 is 42.7 Å². The maximum Gasteiger partial charge on any atom is 0.125 e. The van der Waals surface area contributed by atoms with Crippen LogP contribution in [0.4, 0.5) is 0 Å². The number of aliphatic hydroxyl groups is 5. The molecule has 1 aromatic rings. The zero-order chi connectivity index (χ0) is 25.6. The highest BCUT2D eigenvalue weighted by Crippen LogP contribution is 2.28. The van der Waals surface area contributed by atoms with Crippen LogP contribution in [0.3, 0.4) is 0 Å². The third-order valence-electron chi connectivity index (χ3n) is 6.65. The first-order valence-corrected chi connectivity index (χ1v) is 12.4. The molecule has 6 nitrogen and oxygen atoms in total. The highest BCUT2D eigenvalue weighted by atomic mass is 35.5. The number of aliphatic hydroxyl groups excluding tert-OH is 4. The number of hydrogen-bond donors (Lipinski definition) is 5. The molecule has 1 saturated heterocycles. The van der Waals surface area contributed by atoms with Crippen LogP contribution >= 0.6 is 11.6 Å². The van der Waals surface area contributed by atoms with E-state index in [4.69, 9.17) is 16.3 Å². The average Bonchev–Trinajstić information content (AvgIpc) is 2.86. The molecule has 1 aromatic carbocycles. The Kier molecular flexibility index (Phi) is 9.74. The Bertz CT molecular complexity index is 995. The number of allylic oxidation sites excluding steroid dienone is 3. The van der Waals surface area contributed by atoms with Gasteiger partial charge in [-0.25, -0.2) is 0 Å². The van der Waals surface area contributed by atoms with Crippen molar-refractivity contribution in [1.29, 1.82) is 0 Å². The monoisotopic (exact) mass is 502 g/mol. The fourth-order valence-electron chi connectivity index (χ4n) is 4.37. The summed E-state index contributed by atoms with van der Waals surface area (Å²) < 4.78 is 5.51. The molecular weight excluding hydrogens is 468 g/mol. The van der Waals surface area contributed by atoms with Crippen molar-refractivity contribution in [2.24, 2.45) is 0 Å². The zero-order valence-electron chi connectivity index (χ0n) is 20.0. The SMILES string of the molecule is C=C(/C=C\C(Cl)=C(/C)Cc1ccc(C#CC2(O)CCCCC2)cc1)[C@@H]1O[C@H](CO)[C@@H](O)[C@H](O)[C@H]1O. The van der Waals surface area contributed by atoms with Gasteiger partial charge < -0.3 is 30.3 Å². The van der Waals surface area contributed by atoms with E-state index in [1.54, 1.807) is 12.2 Å². The van der Waals surface area contributed by atoms with Crippen LogP contribution in [0.5, 0.6) is 0 Å². The Hall–Kier alpha value is -1.95. The molecule has 0 unspecified atom stereocenters. The molecule has 0 radical (unpaired) electrons. The number of halogens is 1. The fourth-order valence-corrected chi connectivity index (χ4v) is 4.50. The predicted molar refractivity (Wildman–Crippen MR) is 136 cm³/mol. The maximum absolute atomic E-state index is 10.5. The second kappa shape index (κ2) is 12.3. The second-order valence-corrected chi connectivity index (χ2v) is 9.91. The summed E-state index contributed by atoms with van der Waals surface area (Å²) in [5, 5.41) is 50.5. The van der Waals surface area contributed by atoms with Crippen molar-refractivity contribution >= 4 is 11.6 Å². The van der Waals surface area contributed by atoms with E-state index in [9.17, 15) is 25.5 Å². The van der Waals surface area contributed by atoms with Crippen molar-refractivity contribution in [2.45, 2.75) is 81.6 Å². The molecule has 35 heavy (non-hydrogen) atoms. The lowest BCUT2D eigenvalue weighted by Gasteiger charge is -2.40. The molecule has 1 saturated carbocycles. The van der Waals surface area contributed by atoms with Gasteiger partial charge in [-0.05, 0) is 68.4 Å². The van der Waals surface area contributed by atoms with Gasteiger partial charge in [0.1, 0.15) is 36.1 Å². The minimum absolute atomic E-state index is 0.357. The van der Waals surface area contributed by atoms with Crippen LogP contribution in [0.1, 0.15) is 50.2 Å². The summed E-state index contributed by atoms with van der Waals surface area (Å²) in [5.41, 5.74) is 2.32. The molecule has 0 aromatic heterocycles. The van der Waals surface area contributed by atoms with Gasteiger partial charge in [-0.3, -0.25) is 0 Å². The van der Waals surface area contributed by atoms with Crippen LogP contribution in [0.2, 0.25) is 0 Å². The largest absolute Gasteiger partial charge is 0.394 e. The first-order chi connectivity index (χ1) is 16.6. The van der Waals surface area contributed by atoms with Crippen molar-refractivity contribution in [3.05, 3.63) is 70.3 Å². The third-order valence-corrected chi connectivity index (χ3v) is 7.10. The number of rotatable bonds is 6. The van der Waals surface area contributed by atoms with Gasteiger partial charge in [-0.1, -0.05) is 60.2 Å². The summed E-state index contributed by atoms with van der Waals surface area (Å²) in [7, 11) is 0. The molecule has 3 rings (SSSR count). The Balaban J connectivity index is 1.61. The van der Waals surface area contributed by atoms with Gasteiger partial charge in [0.15, 0.2) is 0 Å². The molecule has 1 heterocycles. The van der Waals surface area contributed by atoms with Crippen LogP contribution in [-0.4, -0.2) is 68.3 Å². The van der Waals surface area contributed by atoms with Crippen LogP contribution < -0.4 is 0 Å². The van der Waals surface area contributed by atoms with Crippen LogP contribution in [-0.2, 0) is 11.2 Å². The molecule has 1 aliphatic carbocycles. The first kappa shape index (κ1) is 27.6. The van der Waals surface area contributed by atoms with E-state index in [1.807, 2.05) is 31.2 Å². The molecule has 0 spiro atoms. The minimum Gasteiger partial charge on any atom is -0.394 e. The molecular formula is C28H35ClO6. The Morgan fingerprint density at radius 1 is 1.09 bits per heavy atom. The van der Waals surface area contributed by atoms with Gasteiger partial charge in [0, 0.05) is 10.6 Å². The summed E-state index contributed by atoms with van der Waals surface area (Å²) in [4.78, 5) is 0. The summed E-state index contributed by atoms with van der Waals surface area (Å²) in [6.45, 7) is 5.30. The quantitative estimate of drug-likeness (QED) is 0.302. The molecule has 0 bridgehead atoms. The zero-order valence-corrected chi connectivity index (χ0v) is 20.8. The van der Waals surface area contributed by atoms with Crippen molar-refractivity contribution in [1.82, 2.24) is 0 Å². The lowest BCUT2D eigenvalue weighted by atomic mass is 9.85. The molecule has 5 N–H and O–H groups in total. The fraction of sp³-hybridized carbons (Fsp3) is 0.500. The van der Waals surface area contributed by atoms with E-state index in [0.29, 0.717) is 17.0 Å². The van der Waals surface area contributed by atoms with Gasteiger partial charge >= 0.3 is 0 Å². The van der Waals surface area contributed by atoms with Crippen molar-refractivity contribution < 1.29 is 30.3 Å². The van der Waals surface area contributed by atoms with Crippen molar-refractivity contribution in [3.8, 4) is 11.8 Å². The molecule has 1 aliphatic heterocycles. The molecule has 0 amide bonds. The number of benzene rings is 1. The minimum atomic E-state index is -1.46. The van der Waals surface area contributed by atoms with Crippen LogP contribution in [0.25, 0.3) is 0 Å². The Morgan fingerprint density at radius 3 is 2.37 bits per heavy atom. The van der Waals surface area contributed by atoms with Crippen molar-refractivity contribution in [3.63, 3.8) is 0 Å². The van der Waals surface area contributed by atoms with Gasteiger partial charge in [0.05, 0.1) is 6.61 Å². The molecule has 5 atom stereocenters.